The number of anilines is 1. The molecular weight excluding hydrogens is 334 g/mol. The van der Waals surface area contributed by atoms with Crippen LogP contribution in [0.1, 0.15) is 22.5 Å². The zero-order valence-corrected chi connectivity index (χ0v) is 15.3. The first-order valence-electron chi connectivity index (χ1n) is 8.05. The predicted molar refractivity (Wildman–Crippen MR) is 99.2 cm³/mol. The van der Waals surface area contributed by atoms with E-state index in [0.717, 1.165) is 11.3 Å². The Bertz CT molecular complexity index is 993. The lowest BCUT2D eigenvalue weighted by Crippen LogP contribution is -2.14. The van der Waals surface area contributed by atoms with Crippen LogP contribution in [0.25, 0.3) is 0 Å². The van der Waals surface area contributed by atoms with Crippen molar-refractivity contribution < 1.29 is 8.42 Å². The van der Waals surface area contributed by atoms with Gasteiger partial charge in [0.1, 0.15) is 0 Å². The Labute approximate surface area is 148 Å². The lowest BCUT2D eigenvalue weighted by molar-refractivity contribution is 0.601. The summed E-state index contributed by atoms with van der Waals surface area (Å²) in [6, 6.07) is 16.4. The van der Waals surface area contributed by atoms with E-state index in [1.807, 2.05) is 30.7 Å². The summed E-state index contributed by atoms with van der Waals surface area (Å²) in [5.41, 5.74) is 4.33. The number of hydrogen-bond donors (Lipinski definition) is 1. The highest BCUT2D eigenvalue weighted by Gasteiger charge is 2.19. The van der Waals surface area contributed by atoms with Gasteiger partial charge in [0.05, 0.1) is 28.5 Å². The van der Waals surface area contributed by atoms with E-state index in [1.54, 1.807) is 30.3 Å². The van der Waals surface area contributed by atoms with Crippen LogP contribution in [0.5, 0.6) is 0 Å². The number of sulfonamides is 1. The highest BCUT2D eigenvalue weighted by molar-refractivity contribution is 7.92. The van der Waals surface area contributed by atoms with Crippen molar-refractivity contribution in [2.75, 3.05) is 4.72 Å². The van der Waals surface area contributed by atoms with Gasteiger partial charge in [-0.25, -0.2) is 8.42 Å². The van der Waals surface area contributed by atoms with Gasteiger partial charge in [-0.1, -0.05) is 42.5 Å². The fourth-order valence-electron chi connectivity index (χ4n) is 2.74. The fraction of sp³-hybridized carbons (Fsp3) is 0.211. The molecule has 0 radical (unpaired) electrons. The van der Waals surface area contributed by atoms with Gasteiger partial charge in [0.2, 0.25) is 0 Å². The largest absolute Gasteiger partial charge is 0.276 e. The monoisotopic (exact) mass is 355 g/mol. The molecule has 0 aliphatic carbocycles. The molecule has 1 heterocycles. The third-order valence-corrected chi connectivity index (χ3v) is 5.62. The molecule has 0 aliphatic rings. The first kappa shape index (κ1) is 17.2. The molecule has 0 unspecified atom stereocenters. The van der Waals surface area contributed by atoms with Gasteiger partial charge in [-0.3, -0.25) is 9.40 Å². The minimum Gasteiger partial charge on any atom is -0.276 e. The van der Waals surface area contributed by atoms with Crippen LogP contribution in [0, 0.1) is 20.8 Å². The first-order valence-corrected chi connectivity index (χ1v) is 9.53. The van der Waals surface area contributed by atoms with Gasteiger partial charge in [-0.15, -0.1) is 0 Å². The molecule has 1 N–H and O–H groups in total. The average Bonchev–Trinajstić information content (AvgIpc) is 2.85. The van der Waals surface area contributed by atoms with E-state index >= 15 is 0 Å². The van der Waals surface area contributed by atoms with E-state index < -0.39 is 10.0 Å². The van der Waals surface area contributed by atoms with Crippen LogP contribution in [0.15, 0.2) is 59.5 Å². The normalized spacial score (nSPS) is 11.5. The Balaban J connectivity index is 1.92. The molecule has 0 spiro atoms. The van der Waals surface area contributed by atoms with Gasteiger partial charge in [0, 0.05) is 0 Å². The van der Waals surface area contributed by atoms with E-state index in [-0.39, 0.29) is 4.90 Å². The summed E-state index contributed by atoms with van der Waals surface area (Å²) in [4.78, 5) is 0.237. The molecule has 0 aliphatic heterocycles. The summed E-state index contributed by atoms with van der Waals surface area (Å²) < 4.78 is 29.7. The Morgan fingerprint density at radius 3 is 2.28 bits per heavy atom. The number of nitrogens with zero attached hydrogens (tertiary/aromatic N) is 2. The number of aromatic nitrogens is 2. The van der Waals surface area contributed by atoms with Crippen molar-refractivity contribution in [1.29, 1.82) is 0 Å². The Morgan fingerprint density at radius 2 is 1.60 bits per heavy atom. The van der Waals surface area contributed by atoms with E-state index in [4.69, 9.17) is 0 Å². The molecule has 0 amide bonds. The molecular formula is C19H21N3O2S. The molecule has 0 atom stereocenters. The molecule has 5 nitrogen and oxygen atoms in total. The van der Waals surface area contributed by atoms with Crippen molar-refractivity contribution in [2.24, 2.45) is 0 Å². The Kier molecular flexibility index (Phi) is 4.63. The van der Waals surface area contributed by atoms with Gasteiger partial charge >= 0.3 is 0 Å². The second kappa shape index (κ2) is 6.72. The maximum Gasteiger partial charge on any atom is 0.262 e. The van der Waals surface area contributed by atoms with Crippen LogP contribution in [0.2, 0.25) is 0 Å². The first-order chi connectivity index (χ1) is 11.9. The van der Waals surface area contributed by atoms with Crippen LogP contribution < -0.4 is 4.72 Å². The van der Waals surface area contributed by atoms with E-state index in [1.165, 1.54) is 5.56 Å². The maximum absolute atomic E-state index is 12.6. The van der Waals surface area contributed by atoms with Crippen molar-refractivity contribution in [2.45, 2.75) is 32.2 Å². The van der Waals surface area contributed by atoms with E-state index in [9.17, 15) is 8.42 Å². The third-order valence-electron chi connectivity index (χ3n) is 4.25. The lowest BCUT2D eigenvalue weighted by atomic mass is 10.1. The van der Waals surface area contributed by atoms with Gasteiger partial charge in [0.15, 0.2) is 0 Å². The standard InChI is InChI=1S/C19H21N3O2S/c1-14-9-7-8-10-17(14)13-22-16(3)19(15(2)20-22)21-25(23,24)18-11-5-4-6-12-18/h4-12,21H,13H2,1-3H3. The molecule has 1 aromatic heterocycles. The number of aryl methyl sites for hydroxylation is 2. The second-order valence-electron chi connectivity index (χ2n) is 6.05. The summed E-state index contributed by atoms with van der Waals surface area (Å²) in [7, 11) is -3.63. The number of benzene rings is 2. The van der Waals surface area contributed by atoms with Crippen molar-refractivity contribution in [3.05, 3.63) is 77.1 Å². The summed E-state index contributed by atoms with van der Waals surface area (Å²) >= 11 is 0. The SMILES string of the molecule is Cc1ccccc1Cn1nc(C)c(NS(=O)(=O)c2ccccc2)c1C. The fourth-order valence-corrected chi connectivity index (χ4v) is 3.94. The molecule has 0 bridgehead atoms. The summed E-state index contributed by atoms with van der Waals surface area (Å²) in [5.74, 6) is 0. The van der Waals surface area contributed by atoms with Crippen molar-refractivity contribution in [1.82, 2.24) is 9.78 Å². The lowest BCUT2D eigenvalue weighted by Gasteiger charge is -2.10. The highest BCUT2D eigenvalue weighted by Crippen LogP contribution is 2.24. The molecule has 130 valence electrons. The zero-order valence-electron chi connectivity index (χ0n) is 14.5. The number of hydrogen-bond acceptors (Lipinski definition) is 3. The van der Waals surface area contributed by atoms with Crippen LogP contribution >= 0.6 is 0 Å². The quantitative estimate of drug-likeness (QED) is 0.760. The van der Waals surface area contributed by atoms with Gasteiger partial charge in [-0.2, -0.15) is 5.10 Å². The molecule has 0 saturated carbocycles. The average molecular weight is 355 g/mol. The van der Waals surface area contributed by atoms with Crippen molar-refractivity contribution in [3.8, 4) is 0 Å². The van der Waals surface area contributed by atoms with Crippen LogP contribution in [-0.4, -0.2) is 18.2 Å². The summed E-state index contributed by atoms with van der Waals surface area (Å²) in [5, 5.41) is 4.51. The second-order valence-corrected chi connectivity index (χ2v) is 7.73. The van der Waals surface area contributed by atoms with Crippen LogP contribution in [0.3, 0.4) is 0 Å². The van der Waals surface area contributed by atoms with Gasteiger partial charge in [-0.05, 0) is 44.0 Å². The molecule has 25 heavy (non-hydrogen) atoms. The Hall–Kier alpha value is -2.60. The molecule has 3 aromatic rings. The van der Waals surface area contributed by atoms with Crippen molar-refractivity contribution >= 4 is 15.7 Å². The predicted octanol–water partition coefficient (Wildman–Crippen LogP) is 3.66. The van der Waals surface area contributed by atoms with Gasteiger partial charge in [0.25, 0.3) is 10.0 Å². The Morgan fingerprint density at radius 1 is 0.960 bits per heavy atom. The molecule has 0 saturated heterocycles. The minimum atomic E-state index is -3.63. The highest BCUT2D eigenvalue weighted by atomic mass is 32.2. The summed E-state index contributed by atoms with van der Waals surface area (Å²) in [6.45, 7) is 6.35. The van der Waals surface area contributed by atoms with E-state index in [2.05, 4.69) is 28.9 Å². The van der Waals surface area contributed by atoms with Crippen LogP contribution in [-0.2, 0) is 16.6 Å². The van der Waals surface area contributed by atoms with Crippen molar-refractivity contribution in [3.63, 3.8) is 0 Å². The topological polar surface area (TPSA) is 64.0 Å². The molecule has 0 fully saturated rings. The number of nitrogens with one attached hydrogen (secondary N) is 1. The molecule has 6 heteroatoms. The number of rotatable bonds is 5. The molecule has 3 rings (SSSR count). The zero-order chi connectivity index (χ0) is 18.0. The van der Waals surface area contributed by atoms with Gasteiger partial charge < -0.3 is 0 Å². The smallest absolute Gasteiger partial charge is 0.262 e. The van der Waals surface area contributed by atoms with Crippen LogP contribution in [0.4, 0.5) is 5.69 Å². The molecule has 2 aromatic carbocycles. The minimum absolute atomic E-state index is 0.237. The summed E-state index contributed by atoms with van der Waals surface area (Å²) in [6.07, 6.45) is 0. The van der Waals surface area contributed by atoms with E-state index in [0.29, 0.717) is 17.9 Å². The third kappa shape index (κ3) is 3.58. The maximum atomic E-state index is 12.6.